The molecule has 0 unspecified atom stereocenters. The molecule has 0 spiro atoms. The minimum atomic E-state index is -0.873. The number of ether oxygens (including phenoxy) is 4. The van der Waals surface area contributed by atoms with Gasteiger partial charge in [-0.3, -0.25) is 0 Å². The van der Waals surface area contributed by atoms with Gasteiger partial charge in [-0.1, -0.05) is 13.2 Å². The SMILES string of the molecule is C=COC(C)(C)OC(C)(C)OCCOC(=O)C(=C)C. The van der Waals surface area contributed by atoms with Crippen molar-refractivity contribution in [2.24, 2.45) is 0 Å². The van der Waals surface area contributed by atoms with Crippen molar-refractivity contribution in [2.75, 3.05) is 13.2 Å². The lowest BCUT2D eigenvalue weighted by atomic mass is 10.3. The van der Waals surface area contributed by atoms with Crippen LogP contribution in [0.2, 0.25) is 0 Å². The topological polar surface area (TPSA) is 54.0 Å². The zero-order valence-corrected chi connectivity index (χ0v) is 12.4. The van der Waals surface area contributed by atoms with Gasteiger partial charge in [0.25, 0.3) is 0 Å². The Bertz CT molecular complexity index is 331. The van der Waals surface area contributed by atoms with Crippen LogP contribution in [0.15, 0.2) is 25.0 Å². The summed E-state index contributed by atoms with van der Waals surface area (Å²) in [6, 6.07) is 0. The maximum absolute atomic E-state index is 11.1. The van der Waals surface area contributed by atoms with Gasteiger partial charge in [-0.2, -0.15) is 0 Å². The van der Waals surface area contributed by atoms with Crippen LogP contribution < -0.4 is 0 Å². The quantitative estimate of drug-likeness (QED) is 0.212. The third-order valence-corrected chi connectivity index (χ3v) is 1.97. The van der Waals surface area contributed by atoms with Gasteiger partial charge in [-0.05, 0) is 20.8 Å². The van der Waals surface area contributed by atoms with Gasteiger partial charge >= 0.3 is 5.97 Å². The Balaban J connectivity index is 4.07. The smallest absolute Gasteiger partial charge is 0.333 e. The molecule has 5 heteroatoms. The van der Waals surface area contributed by atoms with Crippen LogP contribution >= 0.6 is 0 Å². The van der Waals surface area contributed by atoms with Crippen molar-refractivity contribution in [1.82, 2.24) is 0 Å². The van der Waals surface area contributed by atoms with Crippen LogP contribution in [-0.4, -0.2) is 30.8 Å². The second kappa shape index (κ2) is 7.31. The van der Waals surface area contributed by atoms with E-state index in [9.17, 15) is 4.79 Å². The van der Waals surface area contributed by atoms with Gasteiger partial charge in [0.15, 0.2) is 5.79 Å². The predicted octanol–water partition coefficient (Wildman–Crippen LogP) is 2.77. The Morgan fingerprint density at radius 3 is 2.21 bits per heavy atom. The first-order valence-electron chi connectivity index (χ1n) is 6.05. The van der Waals surface area contributed by atoms with Crippen molar-refractivity contribution in [3.63, 3.8) is 0 Å². The number of esters is 1. The van der Waals surface area contributed by atoms with E-state index in [-0.39, 0.29) is 13.2 Å². The second-order valence-corrected chi connectivity index (χ2v) is 4.95. The number of rotatable bonds is 9. The minimum absolute atomic E-state index is 0.140. The van der Waals surface area contributed by atoms with Crippen LogP contribution in [0.4, 0.5) is 0 Å². The Morgan fingerprint density at radius 2 is 1.74 bits per heavy atom. The van der Waals surface area contributed by atoms with Crippen molar-refractivity contribution in [1.29, 1.82) is 0 Å². The molecule has 0 saturated carbocycles. The molecule has 0 fully saturated rings. The van der Waals surface area contributed by atoms with E-state index in [1.54, 1.807) is 34.6 Å². The first-order chi connectivity index (χ1) is 8.59. The molecule has 0 aliphatic rings. The monoisotopic (exact) mass is 272 g/mol. The highest BCUT2D eigenvalue weighted by Crippen LogP contribution is 2.22. The van der Waals surface area contributed by atoms with Crippen LogP contribution in [0.25, 0.3) is 0 Å². The van der Waals surface area contributed by atoms with E-state index in [1.807, 2.05) is 0 Å². The molecule has 0 radical (unpaired) electrons. The Morgan fingerprint density at radius 1 is 1.16 bits per heavy atom. The molecular weight excluding hydrogens is 248 g/mol. The van der Waals surface area contributed by atoms with Crippen LogP contribution in [-0.2, 0) is 23.7 Å². The van der Waals surface area contributed by atoms with Gasteiger partial charge in [-0.25, -0.2) is 4.79 Å². The zero-order chi connectivity index (χ0) is 15.1. The molecule has 0 saturated heterocycles. The lowest BCUT2D eigenvalue weighted by Gasteiger charge is -2.34. The molecule has 0 rings (SSSR count). The van der Waals surface area contributed by atoms with Gasteiger partial charge in [0, 0.05) is 19.4 Å². The molecule has 5 nitrogen and oxygen atoms in total. The standard InChI is InChI=1S/C14H24O5/c1-8-17-13(4,5)19-14(6,7)18-10-9-16-12(15)11(2)3/h8H,1-2,9-10H2,3-7H3. The molecule has 19 heavy (non-hydrogen) atoms. The van der Waals surface area contributed by atoms with E-state index in [0.29, 0.717) is 5.57 Å². The van der Waals surface area contributed by atoms with E-state index in [4.69, 9.17) is 18.9 Å². The van der Waals surface area contributed by atoms with Gasteiger partial charge in [-0.15, -0.1) is 0 Å². The summed E-state index contributed by atoms with van der Waals surface area (Å²) in [5.41, 5.74) is 0.357. The number of hydrogen-bond acceptors (Lipinski definition) is 5. The average molecular weight is 272 g/mol. The lowest BCUT2D eigenvalue weighted by Crippen LogP contribution is -2.40. The minimum Gasteiger partial charge on any atom is -0.471 e. The molecule has 110 valence electrons. The fourth-order valence-electron chi connectivity index (χ4n) is 1.39. The molecule has 0 aromatic rings. The first kappa shape index (κ1) is 17.7. The molecule has 0 aromatic carbocycles. The van der Waals surface area contributed by atoms with E-state index in [2.05, 4.69) is 13.2 Å². The highest BCUT2D eigenvalue weighted by atomic mass is 16.8. The van der Waals surface area contributed by atoms with Gasteiger partial charge in [0.2, 0.25) is 5.79 Å². The number of carbonyl (C=O) groups is 1. The van der Waals surface area contributed by atoms with Gasteiger partial charge in [0.05, 0.1) is 12.9 Å². The summed E-state index contributed by atoms with van der Waals surface area (Å²) in [7, 11) is 0. The molecule has 0 amide bonds. The third kappa shape index (κ3) is 8.40. The van der Waals surface area contributed by atoms with Gasteiger partial charge in [0.1, 0.15) is 6.61 Å². The Labute approximate surface area is 115 Å². The van der Waals surface area contributed by atoms with E-state index < -0.39 is 17.5 Å². The summed E-state index contributed by atoms with van der Waals surface area (Å²) in [5, 5.41) is 0. The van der Waals surface area contributed by atoms with E-state index >= 15 is 0 Å². The summed E-state index contributed by atoms with van der Waals surface area (Å²) in [4.78, 5) is 11.1. The van der Waals surface area contributed by atoms with E-state index in [1.165, 1.54) is 6.26 Å². The summed E-state index contributed by atoms with van der Waals surface area (Å²) in [6.45, 7) is 15.9. The third-order valence-electron chi connectivity index (χ3n) is 1.97. The molecule has 0 atom stereocenters. The average Bonchev–Trinajstić information content (AvgIpc) is 2.21. The van der Waals surface area contributed by atoms with Crippen molar-refractivity contribution in [3.05, 3.63) is 25.0 Å². The number of hydrogen-bond donors (Lipinski definition) is 0. The lowest BCUT2D eigenvalue weighted by molar-refractivity contribution is -0.322. The Hall–Kier alpha value is -1.33. The summed E-state index contributed by atoms with van der Waals surface area (Å²) >= 11 is 0. The number of carbonyl (C=O) groups excluding carboxylic acids is 1. The molecule has 0 bridgehead atoms. The fourth-order valence-corrected chi connectivity index (χ4v) is 1.39. The molecule has 0 aliphatic heterocycles. The van der Waals surface area contributed by atoms with Crippen LogP contribution in [0.1, 0.15) is 34.6 Å². The van der Waals surface area contributed by atoms with Crippen LogP contribution in [0, 0.1) is 0 Å². The largest absolute Gasteiger partial charge is 0.471 e. The highest BCUT2D eigenvalue weighted by molar-refractivity contribution is 5.86. The fraction of sp³-hybridized carbons (Fsp3) is 0.643. The maximum Gasteiger partial charge on any atom is 0.333 e. The van der Waals surface area contributed by atoms with Gasteiger partial charge < -0.3 is 18.9 Å². The molecule has 0 N–H and O–H groups in total. The molecule has 0 aromatic heterocycles. The first-order valence-corrected chi connectivity index (χ1v) is 6.05. The molecule has 0 aliphatic carbocycles. The highest BCUT2D eigenvalue weighted by Gasteiger charge is 2.30. The van der Waals surface area contributed by atoms with Crippen LogP contribution in [0.3, 0.4) is 0 Å². The summed E-state index contributed by atoms with van der Waals surface area (Å²) < 4.78 is 21.3. The van der Waals surface area contributed by atoms with Crippen LogP contribution in [0.5, 0.6) is 0 Å². The van der Waals surface area contributed by atoms with Crippen molar-refractivity contribution in [2.45, 2.75) is 46.2 Å². The molecule has 0 heterocycles. The van der Waals surface area contributed by atoms with Crippen molar-refractivity contribution < 1.29 is 23.7 Å². The second-order valence-electron chi connectivity index (χ2n) is 4.95. The maximum atomic E-state index is 11.1. The summed E-state index contributed by atoms with van der Waals surface area (Å²) in [6.07, 6.45) is 1.31. The zero-order valence-electron chi connectivity index (χ0n) is 12.4. The Kier molecular flexibility index (Phi) is 6.79. The summed E-state index contributed by atoms with van der Waals surface area (Å²) in [5.74, 6) is -2.15. The molecular formula is C14H24O5. The normalized spacial score (nSPS) is 11.8. The van der Waals surface area contributed by atoms with E-state index in [0.717, 1.165) is 0 Å². The van der Waals surface area contributed by atoms with Crippen molar-refractivity contribution in [3.8, 4) is 0 Å². The predicted molar refractivity (Wildman–Crippen MR) is 72.3 cm³/mol. The van der Waals surface area contributed by atoms with Crippen molar-refractivity contribution >= 4 is 5.97 Å².